The van der Waals surface area contributed by atoms with Gasteiger partial charge in [0.25, 0.3) is 0 Å². The second kappa shape index (κ2) is 6.68. The van der Waals surface area contributed by atoms with Crippen LogP contribution in [0.5, 0.6) is 0 Å². The molecule has 1 heterocycles. The van der Waals surface area contributed by atoms with Crippen molar-refractivity contribution in [2.75, 3.05) is 32.0 Å². The van der Waals surface area contributed by atoms with Gasteiger partial charge in [-0.1, -0.05) is 18.2 Å². The highest BCUT2D eigenvalue weighted by Crippen LogP contribution is 2.14. The number of nitrogens with one attached hydrogen (secondary N) is 2. The zero-order valence-corrected chi connectivity index (χ0v) is 11.8. The summed E-state index contributed by atoms with van der Waals surface area (Å²) in [6, 6.07) is 8.49. The van der Waals surface area contributed by atoms with Crippen molar-refractivity contribution in [1.29, 1.82) is 0 Å². The number of para-hydroxylation sites is 1. The Morgan fingerprint density at radius 3 is 2.63 bits per heavy atom. The molecule has 0 spiro atoms. The van der Waals surface area contributed by atoms with Crippen molar-refractivity contribution in [2.45, 2.75) is 25.8 Å². The third-order valence-electron chi connectivity index (χ3n) is 3.78. The molecule has 104 valence electrons. The monoisotopic (exact) mass is 261 g/mol. The fourth-order valence-corrected chi connectivity index (χ4v) is 2.49. The molecule has 0 radical (unpaired) electrons. The van der Waals surface area contributed by atoms with E-state index in [1.165, 1.54) is 0 Å². The Balaban J connectivity index is 1.81. The second-order valence-corrected chi connectivity index (χ2v) is 5.20. The maximum absolute atomic E-state index is 12.0. The molecule has 0 unspecified atom stereocenters. The predicted molar refractivity (Wildman–Crippen MR) is 78.3 cm³/mol. The van der Waals surface area contributed by atoms with Crippen molar-refractivity contribution in [1.82, 2.24) is 10.2 Å². The minimum atomic E-state index is 0.0807. The smallest absolute Gasteiger partial charge is 0.238 e. The van der Waals surface area contributed by atoms with Crippen LogP contribution in [0.15, 0.2) is 24.3 Å². The normalized spacial score (nSPS) is 17.4. The Morgan fingerprint density at radius 2 is 2.00 bits per heavy atom. The summed E-state index contributed by atoms with van der Waals surface area (Å²) in [5.41, 5.74) is 2.02. The first kappa shape index (κ1) is 14.0. The van der Waals surface area contributed by atoms with Crippen LogP contribution in [0.4, 0.5) is 5.69 Å². The van der Waals surface area contributed by atoms with Gasteiger partial charge in [-0.3, -0.25) is 9.69 Å². The number of rotatable bonds is 4. The molecule has 0 saturated carbocycles. The molecule has 2 N–H and O–H groups in total. The summed E-state index contributed by atoms with van der Waals surface area (Å²) >= 11 is 0. The zero-order chi connectivity index (χ0) is 13.7. The molecule has 1 saturated heterocycles. The maximum Gasteiger partial charge on any atom is 0.238 e. The standard InChI is InChI=1S/C15H23N3O/c1-12-5-3-4-6-14(12)17-15(19)11-18-9-7-13(16-2)8-10-18/h3-6,13,16H,7-11H2,1-2H3,(H,17,19). The molecule has 1 aromatic rings. The van der Waals surface area contributed by atoms with Crippen LogP contribution < -0.4 is 10.6 Å². The molecule has 19 heavy (non-hydrogen) atoms. The summed E-state index contributed by atoms with van der Waals surface area (Å²) in [5.74, 6) is 0.0807. The summed E-state index contributed by atoms with van der Waals surface area (Å²) < 4.78 is 0. The molecule has 2 rings (SSSR count). The van der Waals surface area contributed by atoms with Gasteiger partial charge in [0.05, 0.1) is 6.54 Å². The SMILES string of the molecule is CNC1CCN(CC(=O)Nc2ccccc2C)CC1. The lowest BCUT2D eigenvalue weighted by Crippen LogP contribution is -2.44. The van der Waals surface area contributed by atoms with Crippen molar-refractivity contribution in [3.8, 4) is 0 Å². The molecule has 0 bridgehead atoms. The summed E-state index contributed by atoms with van der Waals surface area (Å²) in [7, 11) is 2.01. The van der Waals surface area contributed by atoms with Crippen LogP contribution in [0.3, 0.4) is 0 Å². The van der Waals surface area contributed by atoms with Gasteiger partial charge in [-0.05, 0) is 38.4 Å². The molecule has 0 aliphatic carbocycles. The first-order valence-electron chi connectivity index (χ1n) is 6.94. The van der Waals surface area contributed by atoms with Crippen molar-refractivity contribution in [3.05, 3.63) is 29.8 Å². The van der Waals surface area contributed by atoms with Gasteiger partial charge in [-0.2, -0.15) is 0 Å². The Bertz CT molecular complexity index is 425. The molecule has 1 fully saturated rings. The second-order valence-electron chi connectivity index (χ2n) is 5.20. The van der Waals surface area contributed by atoms with Crippen LogP contribution in [0.1, 0.15) is 18.4 Å². The van der Waals surface area contributed by atoms with Crippen LogP contribution >= 0.6 is 0 Å². The minimum absolute atomic E-state index is 0.0807. The number of piperidine rings is 1. The third kappa shape index (κ3) is 4.04. The molecule has 0 atom stereocenters. The van der Waals surface area contributed by atoms with Gasteiger partial charge in [0, 0.05) is 24.8 Å². The van der Waals surface area contributed by atoms with Crippen LogP contribution in [0.25, 0.3) is 0 Å². The molecule has 1 amide bonds. The van der Waals surface area contributed by atoms with E-state index in [9.17, 15) is 4.79 Å². The van der Waals surface area contributed by atoms with Gasteiger partial charge in [0.15, 0.2) is 0 Å². The molecule has 1 aliphatic rings. The van der Waals surface area contributed by atoms with E-state index in [1.54, 1.807) is 0 Å². The number of likely N-dealkylation sites (tertiary alicyclic amines) is 1. The van der Waals surface area contributed by atoms with Gasteiger partial charge in [0.2, 0.25) is 5.91 Å². The van der Waals surface area contributed by atoms with Crippen LogP contribution in [-0.4, -0.2) is 43.5 Å². The highest BCUT2D eigenvalue weighted by atomic mass is 16.2. The van der Waals surface area contributed by atoms with Gasteiger partial charge >= 0.3 is 0 Å². The molecule has 0 aromatic heterocycles. The molecule has 1 aromatic carbocycles. The first-order chi connectivity index (χ1) is 9.19. The number of nitrogens with zero attached hydrogens (tertiary/aromatic N) is 1. The Labute approximate surface area is 115 Å². The van der Waals surface area contributed by atoms with Crippen molar-refractivity contribution in [3.63, 3.8) is 0 Å². The maximum atomic E-state index is 12.0. The molecule has 4 heteroatoms. The van der Waals surface area contributed by atoms with Gasteiger partial charge in [-0.15, -0.1) is 0 Å². The van der Waals surface area contributed by atoms with Crippen LogP contribution in [-0.2, 0) is 4.79 Å². The Kier molecular flexibility index (Phi) is 4.93. The van der Waals surface area contributed by atoms with E-state index in [0.29, 0.717) is 12.6 Å². The van der Waals surface area contributed by atoms with Crippen LogP contribution in [0, 0.1) is 6.92 Å². The van der Waals surface area contributed by atoms with E-state index in [1.807, 2.05) is 38.2 Å². The van der Waals surface area contributed by atoms with E-state index in [4.69, 9.17) is 0 Å². The first-order valence-corrected chi connectivity index (χ1v) is 6.94. The van der Waals surface area contributed by atoms with Crippen molar-refractivity contribution in [2.24, 2.45) is 0 Å². The number of carbonyl (C=O) groups excluding carboxylic acids is 1. The van der Waals surface area contributed by atoms with E-state index >= 15 is 0 Å². The molecular weight excluding hydrogens is 238 g/mol. The number of amides is 1. The number of anilines is 1. The van der Waals surface area contributed by atoms with Gasteiger partial charge in [-0.25, -0.2) is 0 Å². The molecule has 4 nitrogen and oxygen atoms in total. The number of aryl methyl sites for hydroxylation is 1. The highest BCUT2D eigenvalue weighted by molar-refractivity contribution is 5.92. The lowest BCUT2D eigenvalue weighted by atomic mass is 10.1. The Morgan fingerprint density at radius 1 is 1.32 bits per heavy atom. The van der Waals surface area contributed by atoms with E-state index in [0.717, 1.165) is 37.2 Å². The number of hydrogen-bond donors (Lipinski definition) is 2. The summed E-state index contributed by atoms with van der Waals surface area (Å²) in [5, 5.41) is 6.28. The molecule has 1 aliphatic heterocycles. The lowest BCUT2D eigenvalue weighted by Gasteiger charge is -2.31. The largest absolute Gasteiger partial charge is 0.325 e. The molecular formula is C15H23N3O. The van der Waals surface area contributed by atoms with Crippen LogP contribution in [0.2, 0.25) is 0 Å². The lowest BCUT2D eigenvalue weighted by molar-refractivity contribution is -0.117. The summed E-state index contributed by atoms with van der Waals surface area (Å²) in [4.78, 5) is 14.2. The van der Waals surface area contributed by atoms with Gasteiger partial charge in [0.1, 0.15) is 0 Å². The van der Waals surface area contributed by atoms with E-state index in [2.05, 4.69) is 15.5 Å². The fraction of sp³-hybridized carbons (Fsp3) is 0.533. The number of hydrogen-bond acceptors (Lipinski definition) is 3. The minimum Gasteiger partial charge on any atom is -0.325 e. The average molecular weight is 261 g/mol. The Hall–Kier alpha value is -1.39. The van der Waals surface area contributed by atoms with Crippen molar-refractivity contribution >= 4 is 11.6 Å². The van der Waals surface area contributed by atoms with Gasteiger partial charge < -0.3 is 10.6 Å². The third-order valence-corrected chi connectivity index (χ3v) is 3.78. The number of carbonyl (C=O) groups is 1. The highest BCUT2D eigenvalue weighted by Gasteiger charge is 2.19. The number of benzene rings is 1. The quantitative estimate of drug-likeness (QED) is 0.865. The van der Waals surface area contributed by atoms with E-state index in [-0.39, 0.29) is 5.91 Å². The van der Waals surface area contributed by atoms with Crippen molar-refractivity contribution < 1.29 is 4.79 Å². The topological polar surface area (TPSA) is 44.4 Å². The summed E-state index contributed by atoms with van der Waals surface area (Å²) in [6.07, 6.45) is 2.24. The zero-order valence-electron chi connectivity index (χ0n) is 11.8. The summed E-state index contributed by atoms with van der Waals surface area (Å²) in [6.45, 7) is 4.48. The van der Waals surface area contributed by atoms with E-state index < -0.39 is 0 Å². The predicted octanol–water partition coefficient (Wildman–Crippen LogP) is 1.62. The average Bonchev–Trinajstić information content (AvgIpc) is 2.42. The fourth-order valence-electron chi connectivity index (χ4n) is 2.49.